The van der Waals surface area contributed by atoms with Gasteiger partial charge in [-0.3, -0.25) is 4.99 Å². The molecule has 4 heteroatoms. The van der Waals surface area contributed by atoms with Gasteiger partial charge in [-0.1, -0.05) is 48.5 Å². The van der Waals surface area contributed by atoms with E-state index in [9.17, 15) is 0 Å². The van der Waals surface area contributed by atoms with Crippen LogP contribution in [0.2, 0.25) is 0 Å². The lowest BCUT2D eigenvalue weighted by Crippen LogP contribution is -2.42. The van der Waals surface area contributed by atoms with Crippen LogP contribution >= 0.6 is 0 Å². The fraction of sp³-hybridized carbons (Fsp3) is 0.316. The van der Waals surface area contributed by atoms with Gasteiger partial charge in [-0.05, 0) is 31.0 Å². The smallest absolute Gasteiger partial charge is 0.191 e. The minimum Gasteiger partial charge on any atom is -0.489 e. The maximum absolute atomic E-state index is 5.84. The molecule has 0 heterocycles. The van der Waals surface area contributed by atoms with Crippen molar-refractivity contribution in [2.45, 2.75) is 19.4 Å². The van der Waals surface area contributed by atoms with E-state index >= 15 is 0 Å². The lowest BCUT2D eigenvalue weighted by atomic mass is 10.1. The first kappa shape index (κ1) is 16.9. The molecule has 0 aliphatic heterocycles. The molecule has 0 aliphatic rings. The fourth-order valence-electron chi connectivity index (χ4n) is 2.20. The molecule has 0 aliphatic carbocycles. The molecule has 23 heavy (non-hydrogen) atoms. The standard InChI is InChI=1S/C19H25N3O/c1-16(23-18-11-7-4-8-12-18)15-22-19(20-2)21-14-13-17-9-5-3-6-10-17/h3-12,16H,13-15H2,1-2H3,(H2,20,21,22). The zero-order chi connectivity index (χ0) is 16.3. The predicted octanol–water partition coefficient (Wildman–Crippen LogP) is 2.86. The van der Waals surface area contributed by atoms with Crippen LogP contribution in [-0.4, -0.2) is 32.2 Å². The van der Waals surface area contributed by atoms with Gasteiger partial charge in [0.2, 0.25) is 0 Å². The van der Waals surface area contributed by atoms with Gasteiger partial charge >= 0.3 is 0 Å². The molecule has 1 unspecified atom stereocenters. The lowest BCUT2D eigenvalue weighted by Gasteiger charge is -2.17. The maximum atomic E-state index is 5.84. The molecule has 122 valence electrons. The van der Waals surface area contributed by atoms with Crippen LogP contribution in [0.5, 0.6) is 5.75 Å². The third-order valence-corrected chi connectivity index (χ3v) is 3.41. The Labute approximate surface area is 138 Å². The van der Waals surface area contributed by atoms with Crippen molar-refractivity contribution < 1.29 is 4.74 Å². The highest BCUT2D eigenvalue weighted by atomic mass is 16.5. The molecule has 0 saturated carbocycles. The number of hydrogen-bond acceptors (Lipinski definition) is 2. The molecule has 0 aromatic heterocycles. The summed E-state index contributed by atoms with van der Waals surface area (Å²) >= 11 is 0. The predicted molar refractivity (Wildman–Crippen MR) is 96.0 cm³/mol. The number of guanidine groups is 1. The van der Waals surface area contributed by atoms with Gasteiger partial charge in [0.25, 0.3) is 0 Å². The van der Waals surface area contributed by atoms with Crippen LogP contribution < -0.4 is 15.4 Å². The van der Waals surface area contributed by atoms with Gasteiger partial charge in [-0.2, -0.15) is 0 Å². The SMILES string of the molecule is CN=C(NCCc1ccccc1)NCC(C)Oc1ccccc1. The monoisotopic (exact) mass is 311 g/mol. The second-order valence-corrected chi connectivity index (χ2v) is 5.36. The Kier molecular flexibility index (Phi) is 6.98. The Balaban J connectivity index is 1.68. The average Bonchev–Trinajstić information content (AvgIpc) is 2.59. The summed E-state index contributed by atoms with van der Waals surface area (Å²) in [7, 11) is 1.78. The molecule has 2 rings (SSSR count). The highest BCUT2D eigenvalue weighted by Crippen LogP contribution is 2.10. The van der Waals surface area contributed by atoms with Gasteiger partial charge in [-0.25, -0.2) is 0 Å². The number of ether oxygens (including phenoxy) is 1. The Hall–Kier alpha value is -2.49. The normalized spacial score (nSPS) is 12.5. The van der Waals surface area contributed by atoms with Gasteiger partial charge in [-0.15, -0.1) is 0 Å². The number of aliphatic imine (C=N–C) groups is 1. The number of hydrogen-bond donors (Lipinski definition) is 2. The molecule has 0 amide bonds. The second kappa shape index (κ2) is 9.51. The van der Waals surface area contributed by atoms with Crippen molar-refractivity contribution in [2.75, 3.05) is 20.1 Å². The molecule has 1 atom stereocenters. The molecule has 2 N–H and O–H groups in total. The number of para-hydroxylation sites is 1. The van der Waals surface area contributed by atoms with Crippen molar-refractivity contribution in [2.24, 2.45) is 4.99 Å². The van der Waals surface area contributed by atoms with E-state index in [4.69, 9.17) is 4.74 Å². The number of nitrogens with one attached hydrogen (secondary N) is 2. The van der Waals surface area contributed by atoms with Gasteiger partial charge in [0.05, 0.1) is 6.54 Å². The number of nitrogens with zero attached hydrogens (tertiary/aromatic N) is 1. The van der Waals surface area contributed by atoms with E-state index in [1.54, 1.807) is 7.05 Å². The first-order valence-corrected chi connectivity index (χ1v) is 7.98. The highest BCUT2D eigenvalue weighted by Gasteiger charge is 2.05. The van der Waals surface area contributed by atoms with E-state index in [-0.39, 0.29) is 6.10 Å². The first-order chi connectivity index (χ1) is 11.3. The van der Waals surface area contributed by atoms with Crippen molar-refractivity contribution in [1.82, 2.24) is 10.6 Å². The molecule has 0 fully saturated rings. The summed E-state index contributed by atoms with van der Waals surface area (Å²) in [6.07, 6.45) is 1.03. The van der Waals surface area contributed by atoms with Crippen LogP contribution in [0.25, 0.3) is 0 Å². The molecule has 0 radical (unpaired) electrons. The second-order valence-electron chi connectivity index (χ2n) is 5.36. The molecular weight excluding hydrogens is 286 g/mol. The fourth-order valence-corrected chi connectivity index (χ4v) is 2.20. The summed E-state index contributed by atoms with van der Waals surface area (Å²) < 4.78 is 5.84. The van der Waals surface area contributed by atoms with Gasteiger partial charge in [0.1, 0.15) is 11.9 Å². The molecule has 0 saturated heterocycles. The van der Waals surface area contributed by atoms with E-state index in [2.05, 4.69) is 39.9 Å². The third kappa shape index (κ3) is 6.43. The highest BCUT2D eigenvalue weighted by molar-refractivity contribution is 5.79. The van der Waals surface area contributed by atoms with Crippen LogP contribution in [0.15, 0.2) is 65.7 Å². The summed E-state index contributed by atoms with van der Waals surface area (Å²) in [4.78, 5) is 4.24. The Morgan fingerprint density at radius 3 is 2.30 bits per heavy atom. The minimum absolute atomic E-state index is 0.0603. The third-order valence-electron chi connectivity index (χ3n) is 3.41. The number of benzene rings is 2. The molecule has 2 aromatic carbocycles. The van der Waals surface area contributed by atoms with Crippen molar-refractivity contribution in [3.63, 3.8) is 0 Å². The summed E-state index contributed by atoms with van der Waals surface area (Å²) in [6, 6.07) is 20.3. The molecule has 0 spiro atoms. The largest absolute Gasteiger partial charge is 0.489 e. The molecule has 2 aromatic rings. The Bertz CT molecular complexity index is 584. The maximum Gasteiger partial charge on any atom is 0.191 e. The Morgan fingerprint density at radius 2 is 1.65 bits per heavy atom. The van der Waals surface area contributed by atoms with E-state index < -0.39 is 0 Å². The van der Waals surface area contributed by atoms with Crippen molar-refractivity contribution in [3.8, 4) is 5.75 Å². The van der Waals surface area contributed by atoms with E-state index in [1.165, 1.54) is 5.56 Å². The Morgan fingerprint density at radius 1 is 1.00 bits per heavy atom. The van der Waals surface area contributed by atoms with Gasteiger partial charge in [0, 0.05) is 13.6 Å². The van der Waals surface area contributed by atoms with Crippen LogP contribution in [0.3, 0.4) is 0 Å². The van der Waals surface area contributed by atoms with Gasteiger partial charge < -0.3 is 15.4 Å². The van der Waals surface area contributed by atoms with Crippen molar-refractivity contribution >= 4 is 5.96 Å². The summed E-state index contributed by atoms with van der Waals surface area (Å²) in [5.41, 5.74) is 1.32. The summed E-state index contributed by atoms with van der Waals surface area (Å²) in [5, 5.41) is 6.61. The molecular formula is C19H25N3O. The van der Waals surface area contributed by atoms with Crippen LogP contribution in [0.4, 0.5) is 0 Å². The topological polar surface area (TPSA) is 45.7 Å². The average molecular weight is 311 g/mol. The lowest BCUT2D eigenvalue weighted by molar-refractivity contribution is 0.224. The first-order valence-electron chi connectivity index (χ1n) is 7.98. The summed E-state index contributed by atoms with van der Waals surface area (Å²) in [5.74, 6) is 1.68. The zero-order valence-corrected chi connectivity index (χ0v) is 13.8. The quantitative estimate of drug-likeness (QED) is 0.610. The van der Waals surface area contributed by atoms with Gasteiger partial charge in [0.15, 0.2) is 5.96 Å². The molecule has 0 bridgehead atoms. The van der Waals surface area contributed by atoms with Crippen molar-refractivity contribution in [3.05, 3.63) is 66.2 Å². The molecule has 4 nitrogen and oxygen atoms in total. The van der Waals surface area contributed by atoms with E-state index in [1.807, 2.05) is 43.3 Å². The van der Waals surface area contributed by atoms with Crippen LogP contribution in [0, 0.1) is 0 Å². The zero-order valence-electron chi connectivity index (χ0n) is 13.8. The van der Waals surface area contributed by atoms with Crippen LogP contribution in [-0.2, 0) is 6.42 Å². The van der Waals surface area contributed by atoms with E-state index in [0.717, 1.165) is 24.7 Å². The minimum atomic E-state index is 0.0603. The summed E-state index contributed by atoms with van der Waals surface area (Å²) in [6.45, 7) is 3.58. The number of rotatable bonds is 7. The van der Waals surface area contributed by atoms with E-state index in [0.29, 0.717) is 6.54 Å². The van der Waals surface area contributed by atoms with Crippen molar-refractivity contribution in [1.29, 1.82) is 0 Å². The van der Waals surface area contributed by atoms with Crippen LogP contribution in [0.1, 0.15) is 12.5 Å².